The molecule has 1 fully saturated rings. The van der Waals surface area contributed by atoms with E-state index in [-0.39, 0.29) is 5.75 Å². The van der Waals surface area contributed by atoms with Crippen LogP contribution in [0.4, 0.5) is 0 Å². The summed E-state index contributed by atoms with van der Waals surface area (Å²) in [6.07, 6.45) is -7.87. The molecule has 1 aliphatic heterocycles. The summed E-state index contributed by atoms with van der Waals surface area (Å²) in [5.74, 6) is 0.933. The molecule has 6 atom stereocenters. The van der Waals surface area contributed by atoms with E-state index < -0.39 is 43.4 Å². The summed E-state index contributed by atoms with van der Waals surface area (Å²) in [6.45, 7) is -0.546. The Bertz CT molecular complexity index is 731. The molecule has 148 valence electrons. The number of methoxy groups -OCH3 is 1. The maximum Gasteiger partial charge on any atom is 0.229 e. The summed E-state index contributed by atoms with van der Waals surface area (Å²) in [5.41, 5.74) is 0.622. The molecule has 1 aliphatic rings. The van der Waals surface area contributed by atoms with Gasteiger partial charge in [0.1, 0.15) is 42.0 Å². The second-order valence-corrected chi connectivity index (χ2v) is 7.09. The zero-order valence-corrected chi connectivity index (χ0v) is 15.3. The fourth-order valence-electron chi connectivity index (χ4n) is 2.83. The van der Waals surface area contributed by atoms with Gasteiger partial charge in [0, 0.05) is 0 Å². The summed E-state index contributed by atoms with van der Waals surface area (Å²) in [4.78, 5) is 0.483. The maximum atomic E-state index is 10.7. The molecular formula is C18H22O8S. The van der Waals surface area contributed by atoms with Crippen LogP contribution in [0.1, 0.15) is 16.5 Å². The van der Waals surface area contributed by atoms with Crippen molar-refractivity contribution in [1.29, 1.82) is 0 Å². The number of aliphatic hydroxyl groups is 5. The van der Waals surface area contributed by atoms with Crippen molar-refractivity contribution in [2.75, 3.05) is 13.7 Å². The molecule has 3 rings (SSSR count). The third-order valence-corrected chi connectivity index (χ3v) is 5.38. The van der Waals surface area contributed by atoms with E-state index >= 15 is 0 Å². The van der Waals surface area contributed by atoms with Crippen molar-refractivity contribution in [2.45, 2.75) is 36.8 Å². The Balaban J connectivity index is 1.78. The van der Waals surface area contributed by atoms with E-state index in [0.717, 1.165) is 0 Å². The summed E-state index contributed by atoms with van der Waals surface area (Å²) in [7, 11) is 1.55. The molecule has 0 bridgehead atoms. The van der Waals surface area contributed by atoms with E-state index in [1.807, 2.05) is 0 Å². The van der Waals surface area contributed by atoms with Crippen molar-refractivity contribution in [3.05, 3.63) is 46.2 Å². The van der Waals surface area contributed by atoms with Crippen LogP contribution in [-0.4, -0.2) is 70.0 Å². The van der Waals surface area contributed by atoms with Crippen LogP contribution in [0.2, 0.25) is 0 Å². The minimum atomic E-state index is -1.53. The molecule has 8 nitrogen and oxygen atoms in total. The zero-order valence-electron chi connectivity index (χ0n) is 14.5. The maximum absolute atomic E-state index is 10.7. The molecule has 2 heterocycles. The number of thiophene rings is 1. The van der Waals surface area contributed by atoms with E-state index in [4.69, 9.17) is 14.2 Å². The number of hydrogen-bond donors (Lipinski definition) is 5. The third kappa shape index (κ3) is 4.09. The third-order valence-electron chi connectivity index (χ3n) is 4.43. The molecule has 1 saturated heterocycles. The Kier molecular flexibility index (Phi) is 6.33. The van der Waals surface area contributed by atoms with Crippen molar-refractivity contribution < 1.29 is 39.7 Å². The first-order valence-electron chi connectivity index (χ1n) is 8.32. The normalized spacial score (nSPS) is 29.3. The largest absolute Gasteiger partial charge is 0.497 e. The Hall–Kier alpha value is -1.72. The van der Waals surface area contributed by atoms with Gasteiger partial charge in [-0.15, -0.1) is 11.3 Å². The van der Waals surface area contributed by atoms with E-state index in [1.165, 1.54) is 11.3 Å². The monoisotopic (exact) mass is 398 g/mol. The predicted molar refractivity (Wildman–Crippen MR) is 95.8 cm³/mol. The fourth-order valence-corrected chi connectivity index (χ4v) is 3.67. The molecule has 0 saturated carbocycles. The summed E-state index contributed by atoms with van der Waals surface area (Å²) >= 11 is 1.26. The van der Waals surface area contributed by atoms with Gasteiger partial charge in [0.15, 0.2) is 0 Å². The number of rotatable bonds is 6. The molecule has 9 heteroatoms. The van der Waals surface area contributed by atoms with Gasteiger partial charge in [0.2, 0.25) is 6.29 Å². The fraction of sp³-hybridized carbons (Fsp3) is 0.444. The van der Waals surface area contributed by atoms with Crippen molar-refractivity contribution in [3.63, 3.8) is 0 Å². The first-order chi connectivity index (χ1) is 13.0. The van der Waals surface area contributed by atoms with Crippen LogP contribution >= 0.6 is 11.3 Å². The van der Waals surface area contributed by atoms with Crippen molar-refractivity contribution >= 4 is 11.3 Å². The average molecular weight is 398 g/mol. The first kappa shape index (κ1) is 20.0. The number of ether oxygens (including phenoxy) is 3. The molecule has 6 unspecified atom stereocenters. The highest BCUT2D eigenvalue weighted by atomic mass is 32.1. The Morgan fingerprint density at radius 1 is 1.07 bits per heavy atom. The predicted octanol–water partition coefficient (Wildman–Crippen LogP) is 0.0171. The van der Waals surface area contributed by atoms with Gasteiger partial charge in [-0.3, -0.25) is 0 Å². The highest BCUT2D eigenvalue weighted by molar-refractivity contribution is 7.10. The first-order valence-corrected chi connectivity index (χ1v) is 9.20. The lowest BCUT2D eigenvalue weighted by Gasteiger charge is -2.39. The number of hydrogen-bond acceptors (Lipinski definition) is 9. The molecule has 0 spiro atoms. The van der Waals surface area contributed by atoms with E-state index in [0.29, 0.717) is 16.2 Å². The Morgan fingerprint density at radius 2 is 1.78 bits per heavy atom. The molecule has 0 aliphatic carbocycles. The minimum absolute atomic E-state index is 0.271. The second kappa shape index (κ2) is 8.53. The van der Waals surface area contributed by atoms with Crippen molar-refractivity contribution in [1.82, 2.24) is 0 Å². The highest BCUT2D eigenvalue weighted by Gasteiger charge is 2.45. The van der Waals surface area contributed by atoms with Crippen LogP contribution < -0.4 is 9.47 Å². The average Bonchev–Trinajstić information content (AvgIpc) is 3.16. The van der Waals surface area contributed by atoms with Crippen LogP contribution in [0.25, 0.3) is 0 Å². The molecule has 27 heavy (non-hydrogen) atoms. The molecular weight excluding hydrogens is 376 g/mol. The van der Waals surface area contributed by atoms with Gasteiger partial charge in [0.05, 0.1) is 18.6 Å². The lowest BCUT2D eigenvalue weighted by atomic mass is 9.99. The minimum Gasteiger partial charge on any atom is -0.497 e. The van der Waals surface area contributed by atoms with Crippen LogP contribution in [-0.2, 0) is 4.74 Å². The van der Waals surface area contributed by atoms with Crippen LogP contribution in [0.3, 0.4) is 0 Å². The highest BCUT2D eigenvalue weighted by Crippen LogP contribution is 2.37. The molecule has 5 N–H and O–H groups in total. The van der Waals surface area contributed by atoms with Crippen LogP contribution in [0, 0.1) is 0 Å². The van der Waals surface area contributed by atoms with Gasteiger partial charge in [-0.25, -0.2) is 0 Å². The van der Waals surface area contributed by atoms with Gasteiger partial charge in [-0.1, -0.05) is 12.1 Å². The lowest BCUT2D eigenvalue weighted by molar-refractivity contribution is -0.277. The Labute approximate surface area is 159 Å². The summed E-state index contributed by atoms with van der Waals surface area (Å²) in [5, 5.41) is 51.5. The van der Waals surface area contributed by atoms with Gasteiger partial charge in [0.25, 0.3) is 0 Å². The summed E-state index contributed by atoms with van der Waals surface area (Å²) in [6, 6.07) is 8.50. The van der Waals surface area contributed by atoms with Gasteiger partial charge in [-0.2, -0.15) is 0 Å². The van der Waals surface area contributed by atoms with Crippen molar-refractivity contribution in [2.24, 2.45) is 0 Å². The second-order valence-electron chi connectivity index (χ2n) is 6.14. The summed E-state index contributed by atoms with van der Waals surface area (Å²) < 4.78 is 16.1. The standard InChI is InChI=1S/C18H22O8S/c1-24-10-4-2-9(3-5-10)13(20)17-11(6-7-27-17)25-18-16(23)15(22)14(21)12(8-19)26-18/h2-7,12-16,18-23H,8H2,1H3. The zero-order chi connectivity index (χ0) is 19.6. The van der Waals surface area contributed by atoms with E-state index in [1.54, 1.807) is 42.8 Å². The van der Waals surface area contributed by atoms with Gasteiger partial charge in [-0.05, 0) is 29.1 Å². The van der Waals surface area contributed by atoms with Crippen LogP contribution in [0.15, 0.2) is 35.7 Å². The van der Waals surface area contributed by atoms with Gasteiger partial charge < -0.3 is 39.7 Å². The Morgan fingerprint density at radius 3 is 2.41 bits per heavy atom. The smallest absolute Gasteiger partial charge is 0.229 e. The van der Waals surface area contributed by atoms with E-state index in [9.17, 15) is 25.5 Å². The molecule has 0 radical (unpaired) electrons. The van der Waals surface area contributed by atoms with Gasteiger partial charge >= 0.3 is 0 Å². The topological polar surface area (TPSA) is 129 Å². The molecule has 2 aromatic rings. The van der Waals surface area contributed by atoms with Crippen LogP contribution in [0.5, 0.6) is 11.5 Å². The molecule has 1 aromatic heterocycles. The number of aliphatic hydroxyl groups excluding tert-OH is 5. The number of benzene rings is 1. The van der Waals surface area contributed by atoms with E-state index in [2.05, 4.69) is 0 Å². The van der Waals surface area contributed by atoms with Crippen molar-refractivity contribution in [3.8, 4) is 11.5 Å². The molecule has 1 aromatic carbocycles. The quantitative estimate of drug-likeness (QED) is 0.461. The molecule has 0 amide bonds. The SMILES string of the molecule is COc1ccc(C(O)c2sccc2OC2OC(CO)C(O)C(O)C2O)cc1. The lowest BCUT2D eigenvalue weighted by Crippen LogP contribution is -2.60.